The molecule has 5 nitrogen and oxygen atoms in total. The minimum Gasteiger partial charge on any atom is -0.457 e. The molecule has 1 unspecified atom stereocenters. The van der Waals surface area contributed by atoms with Gasteiger partial charge < -0.3 is 14.5 Å². The lowest BCUT2D eigenvalue weighted by molar-refractivity contribution is 0.482. The van der Waals surface area contributed by atoms with Crippen molar-refractivity contribution in [1.82, 2.24) is 10.2 Å². The molecule has 1 atom stereocenters. The molecule has 0 bridgehead atoms. The fraction of sp³-hybridized carbons (Fsp3) is 0.0370. The van der Waals surface area contributed by atoms with Crippen molar-refractivity contribution < 1.29 is 13.5 Å². The van der Waals surface area contributed by atoms with Crippen LogP contribution in [0.25, 0.3) is 11.5 Å². The molecule has 168 valence electrons. The lowest BCUT2D eigenvalue weighted by atomic mass is 10.1. The number of nitrogens with zero attached hydrogens (tertiary/aromatic N) is 2. The van der Waals surface area contributed by atoms with Crippen molar-refractivity contribution in [2.75, 3.05) is 5.32 Å². The molecule has 0 saturated carbocycles. The molecule has 0 amide bonds. The molecular weight excluding hydrogens is 453 g/mol. The molecule has 5 rings (SSSR count). The highest BCUT2D eigenvalue weighted by atomic mass is 35.5. The molecule has 0 aliphatic carbocycles. The lowest BCUT2D eigenvalue weighted by Gasteiger charge is -2.18. The first-order chi connectivity index (χ1) is 16.7. The number of rotatable bonds is 7. The average molecular weight is 472 g/mol. The zero-order chi connectivity index (χ0) is 23.3. The second-order valence-electron chi connectivity index (χ2n) is 7.49. The predicted octanol–water partition coefficient (Wildman–Crippen LogP) is 7.52. The molecule has 1 aromatic heterocycles. The van der Waals surface area contributed by atoms with Gasteiger partial charge in [0.2, 0.25) is 11.8 Å². The van der Waals surface area contributed by atoms with Crippen molar-refractivity contribution in [2.45, 2.75) is 6.04 Å². The zero-order valence-corrected chi connectivity index (χ0v) is 18.6. The van der Waals surface area contributed by atoms with Gasteiger partial charge in [-0.15, -0.1) is 10.2 Å². The molecule has 1 N–H and O–H groups in total. The number of nitrogens with one attached hydrogen (secondary N) is 1. The normalized spacial score (nSPS) is 11.7. The molecule has 34 heavy (non-hydrogen) atoms. The largest absolute Gasteiger partial charge is 0.457 e. The Morgan fingerprint density at radius 1 is 0.765 bits per heavy atom. The van der Waals surface area contributed by atoms with E-state index in [0.29, 0.717) is 28.0 Å². The van der Waals surface area contributed by atoms with Crippen molar-refractivity contribution >= 4 is 17.3 Å². The maximum absolute atomic E-state index is 14.7. The zero-order valence-electron chi connectivity index (χ0n) is 17.9. The maximum atomic E-state index is 14.7. The molecule has 4 aromatic carbocycles. The van der Waals surface area contributed by atoms with Gasteiger partial charge in [-0.1, -0.05) is 48.0 Å². The number of hydrogen-bond donors (Lipinski definition) is 1. The van der Waals surface area contributed by atoms with Gasteiger partial charge in [-0.05, 0) is 66.7 Å². The molecular formula is C27H19ClFN3O2. The summed E-state index contributed by atoms with van der Waals surface area (Å²) >= 11 is 5.92. The SMILES string of the molecule is Fc1ccccc1C(Nc1ccc(Oc2ccc(Cl)cc2)cc1)c1nnc(-c2ccccc2)o1. The van der Waals surface area contributed by atoms with Crippen LogP contribution in [0.5, 0.6) is 11.5 Å². The van der Waals surface area contributed by atoms with Crippen molar-refractivity contribution in [3.63, 3.8) is 0 Å². The van der Waals surface area contributed by atoms with Crippen LogP contribution in [0.1, 0.15) is 17.5 Å². The van der Waals surface area contributed by atoms with Crippen LogP contribution in [0.15, 0.2) is 108 Å². The van der Waals surface area contributed by atoms with Crippen molar-refractivity contribution in [2.24, 2.45) is 0 Å². The number of ether oxygens (including phenoxy) is 1. The van der Waals surface area contributed by atoms with E-state index in [1.807, 2.05) is 54.6 Å². The van der Waals surface area contributed by atoms with Gasteiger partial charge in [0.1, 0.15) is 23.4 Å². The molecule has 0 aliphatic heterocycles. The summed E-state index contributed by atoms with van der Waals surface area (Å²) in [6.45, 7) is 0. The monoisotopic (exact) mass is 471 g/mol. The van der Waals surface area contributed by atoms with E-state index in [1.54, 1.807) is 42.5 Å². The van der Waals surface area contributed by atoms with Gasteiger partial charge in [0.15, 0.2) is 0 Å². The van der Waals surface area contributed by atoms with Crippen molar-refractivity contribution in [3.8, 4) is 23.0 Å². The van der Waals surface area contributed by atoms with Crippen molar-refractivity contribution in [1.29, 1.82) is 0 Å². The van der Waals surface area contributed by atoms with E-state index in [2.05, 4.69) is 15.5 Å². The Balaban J connectivity index is 1.41. The van der Waals surface area contributed by atoms with Gasteiger partial charge >= 0.3 is 0 Å². The van der Waals surface area contributed by atoms with Crippen LogP contribution in [0, 0.1) is 5.82 Å². The standard InChI is InChI=1S/C27H19ClFN3O2/c28-19-10-14-21(15-11-19)33-22-16-12-20(13-17-22)30-25(23-8-4-5-9-24(23)29)27-32-31-26(34-27)18-6-2-1-3-7-18/h1-17,25,30H. The minimum absolute atomic E-state index is 0.255. The summed E-state index contributed by atoms with van der Waals surface area (Å²) in [5, 5.41) is 12.3. The Hall–Kier alpha value is -4.16. The second kappa shape index (κ2) is 9.77. The molecule has 7 heteroatoms. The van der Waals surface area contributed by atoms with Crippen LogP contribution in [0.4, 0.5) is 10.1 Å². The summed E-state index contributed by atoms with van der Waals surface area (Å²) in [4.78, 5) is 0. The molecule has 0 fully saturated rings. The van der Waals surface area contributed by atoms with Crippen LogP contribution in [0.2, 0.25) is 5.02 Å². The van der Waals surface area contributed by atoms with Crippen molar-refractivity contribution in [3.05, 3.63) is 125 Å². The highest BCUT2D eigenvalue weighted by molar-refractivity contribution is 6.30. The van der Waals surface area contributed by atoms with Gasteiger partial charge in [0.05, 0.1) is 0 Å². The first kappa shape index (κ1) is 21.7. The third kappa shape index (κ3) is 4.92. The predicted molar refractivity (Wildman–Crippen MR) is 130 cm³/mol. The van der Waals surface area contributed by atoms with Gasteiger partial charge in [-0.25, -0.2) is 4.39 Å². The summed E-state index contributed by atoms with van der Waals surface area (Å²) in [5.74, 6) is 1.58. The Bertz CT molecular complexity index is 1370. The van der Waals surface area contributed by atoms with Gasteiger partial charge in [-0.2, -0.15) is 0 Å². The summed E-state index contributed by atoms with van der Waals surface area (Å²) in [6.07, 6.45) is 0. The highest BCUT2D eigenvalue weighted by Gasteiger charge is 2.24. The number of benzene rings is 4. The first-order valence-corrected chi connectivity index (χ1v) is 11.0. The van der Waals surface area contributed by atoms with E-state index < -0.39 is 6.04 Å². The van der Waals surface area contributed by atoms with Crippen LogP contribution < -0.4 is 10.1 Å². The molecule has 0 aliphatic rings. The van der Waals surface area contributed by atoms with Gasteiger partial charge in [-0.3, -0.25) is 0 Å². The topological polar surface area (TPSA) is 60.2 Å². The molecule has 0 saturated heterocycles. The Morgan fingerprint density at radius 3 is 2.12 bits per heavy atom. The van der Waals surface area contributed by atoms with Crippen LogP contribution in [0.3, 0.4) is 0 Å². The van der Waals surface area contributed by atoms with Crippen LogP contribution in [-0.2, 0) is 0 Å². The molecule has 0 spiro atoms. The number of hydrogen-bond acceptors (Lipinski definition) is 5. The smallest absolute Gasteiger partial charge is 0.247 e. The van der Waals surface area contributed by atoms with E-state index >= 15 is 0 Å². The van der Waals surface area contributed by atoms with Gasteiger partial charge in [0.25, 0.3) is 0 Å². The summed E-state index contributed by atoms with van der Waals surface area (Å²) < 4.78 is 26.5. The number of aromatic nitrogens is 2. The quantitative estimate of drug-likeness (QED) is 0.266. The van der Waals surface area contributed by atoms with E-state index in [1.165, 1.54) is 6.07 Å². The highest BCUT2D eigenvalue weighted by Crippen LogP contribution is 2.31. The lowest BCUT2D eigenvalue weighted by Crippen LogP contribution is -2.14. The second-order valence-corrected chi connectivity index (χ2v) is 7.93. The summed E-state index contributed by atoms with van der Waals surface area (Å²) in [7, 11) is 0. The first-order valence-electron chi connectivity index (χ1n) is 10.6. The molecule has 1 heterocycles. The number of anilines is 1. The fourth-order valence-corrected chi connectivity index (χ4v) is 3.58. The Kier molecular flexibility index (Phi) is 6.23. The maximum Gasteiger partial charge on any atom is 0.247 e. The van der Waals surface area contributed by atoms with E-state index in [4.69, 9.17) is 20.8 Å². The third-order valence-electron chi connectivity index (χ3n) is 5.14. The third-order valence-corrected chi connectivity index (χ3v) is 5.39. The van der Waals surface area contributed by atoms with E-state index in [9.17, 15) is 4.39 Å². The summed E-state index contributed by atoms with van der Waals surface area (Å²) in [5.41, 5.74) is 1.92. The molecule has 5 aromatic rings. The fourth-order valence-electron chi connectivity index (χ4n) is 3.45. The minimum atomic E-state index is -0.686. The Morgan fingerprint density at radius 2 is 1.41 bits per heavy atom. The number of halogens is 2. The van der Waals surface area contributed by atoms with Gasteiger partial charge in [0, 0.05) is 21.8 Å². The van der Waals surface area contributed by atoms with Crippen LogP contribution >= 0.6 is 11.6 Å². The van der Waals surface area contributed by atoms with E-state index in [0.717, 1.165) is 11.3 Å². The van der Waals surface area contributed by atoms with E-state index in [-0.39, 0.29) is 11.7 Å². The molecule has 0 radical (unpaired) electrons. The Labute approximate surface area is 200 Å². The summed E-state index contributed by atoms with van der Waals surface area (Å²) in [6, 6.07) is 29.7. The van der Waals surface area contributed by atoms with Crippen LogP contribution in [-0.4, -0.2) is 10.2 Å². The average Bonchev–Trinajstić information content (AvgIpc) is 3.36.